The molecule has 0 amide bonds. The highest BCUT2D eigenvalue weighted by Gasteiger charge is 2.50. The third kappa shape index (κ3) is 3.47. The highest BCUT2D eigenvalue weighted by atomic mass is 32.2. The van der Waals surface area contributed by atoms with Gasteiger partial charge in [0.1, 0.15) is 5.44 Å². The van der Waals surface area contributed by atoms with E-state index in [2.05, 4.69) is 81.4 Å². The number of hydrogen-bond acceptors (Lipinski definition) is 3. The third-order valence-electron chi connectivity index (χ3n) is 4.54. The van der Waals surface area contributed by atoms with Crippen LogP contribution in [0.1, 0.15) is 20.8 Å². The minimum atomic E-state index is -2.41. The van der Waals surface area contributed by atoms with E-state index in [0.29, 0.717) is 6.61 Å². The molecular weight excluding hydrogens is 332 g/mol. The fourth-order valence-corrected chi connectivity index (χ4v) is 8.95. The molecule has 1 atom stereocenters. The molecule has 0 aliphatic carbocycles. The molecule has 0 spiro atoms. The lowest BCUT2D eigenvalue weighted by Gasteiger charge is -2.43. The maximum atomic E-state index is 6.84. The summed E-state index contributed by atoms with van der Waals surface area (Å²) in [6.07, 6.45) is 0. The Balaban J connectivity index is 2.06. The molecule has 2 aromatic carbocycles. The van der Waals surface area contributed by atoms with Gasteiger partial charge in [0.25, 0.3) is 8.32 Å². The highest BCUT2D eigenvalue weighted by Crippen LogP contribution is 2.37. The van der Waals surface area contributed by atoms with E-state index in [9.17, 15) is 0 Å². The Morgan fingerprint density at radius 3 is 1.96 bits per heavy atom. The lowest BCUT2D eigenvalue weighted by atomic mass is 10.2. The summed E-state index contributed by atoms with van der Waals surface area (Å²) >= 11 is 1.86. The van der Waals surface area contributed by atoms with E-state index in [4.69, 9.17) is 9.16 Å². The van der Waals surface area contributed by atoms with E-state index < -0.39 is 8.32 Å². The normalized spacial score (nSPS) is 18.7. The van der Waals surface area contributed by atoms with E-state index >= 15 is 0 Å². The van der Waals surface area contributed by atoms with Crippen LogP contribution in [0.5, 0.6) is 0 Å². The number of hydrogen-bond donors (Lipinski definition) is 0. The Morgan fingerprint density at radius 2 is 1.54 bits per heavy atom. The Morgan fingerprint density at radius 1 is 1.00 bits per heavy atom. The van der Waals surface area contributed by atoms with Crippen LogP contribution in [0, 0.1) is 0 Å². The monoisotopic (exact) mass is 358 g/mol. The molecule has 0 radical (unpaired) electrons. The summed E-state index contributed by atoms with van der Waals surface area (Å²) in [5.41, 5.74) is 0.159. The van der Waals surface area contributed by atoms with Crippen LogP contribution in [-0.2, 0) is 9.16 Å². The summed E-state index contributed by atoms with van der Waals surface area (Å²) in [7, 11) is -2.41. The molecule has 3 rings (SSSR count). The van der Waals surface area contributed by atoms with Gasteiger partial charge in [0.05, 0.1) is 13.2 Å². The lowest BCUT2D eigenvalue weighted by molar-refractivity contribution is 0.0969. The Labute approximate surface area is 150 Å². The number of ether oxygens (including phenoxy) is 1. The maximum Gasteiger partial charge on any atom is 0.261 e. The number of benzene rings is 2. The number of thioether (sulfide) groups is 1. The molecule has 1 fully saturated rings. The molecule has 1 aliphatic rings. The first-order chi connectivity index (χ1) is 11.5. The van der Waals surface area contributed by atoms with Crippen molar-refractivity contribution in [3.05, 3.63) is 60.7 Å². The summed E-state index contributed by atoms with van der Waals surface area (Å²) in [4.78, 5) is 0. The molecule has 1 aliphatic heterocycles. The van der Waals surface area contributed by atoms with Crippen LogP contribution in [0.2, 0.25) is 5.04 Å². The van der Waals surface area contributed by atoms with E-state index in [0.717, 1.165) is 12.4 Å². The summed E-state index contributed by atoms with van der Waals surface area (Å²) < 4.78 is 12.6. The maximum absolute atomic E-state index is 6.84. The van der Waals surface area contributed by atoms with Gasteiger partial charge in [0, 0.05) is 5.75 Å². The standard InChI is InChI=1S/C20H26O2SSi/c1-20(2,3)24(17-10-6-4-7-11-17,18-12-8-5-9-13-18)22-16-19-21-14-15-23-19/h4-13,19H,14-16H2,1-3H3. The van der Waals surface area contributed by atoms with Crippen LogP contribution in [0.15, 0.2) is 60.7 Å². The third-order valence-corrected chi connectivity index (χ3v) is 10.6. The summed E-state index contributed by atoms with van der Waals surface area (Å²) in [6.45, 7) is 8.41. The van der Waals surface area contributed by atoms with E-state index in [-0.39, 0.29) is 10.5 Å². The quantitative estimate of drug-likeness (QED) is 0.760. The highest BCUT2D eigenvalue weighted by molar-refractivity contribution is 8.00. The van der Waals surface area contributed by atoms with E-state index in [1.165, 1.54) is 10.4 Å². The second-order valence-electron chi connectivity index (χ2n) is 7.15. The van der Waals surface area contributed by atoms with Crippen molar-refractivity contribution >= 4 is 30.5 Å². The second-order valence-corrected chi connectivity index (χ2v) is 12.7. The first-order valence-corrected chi connectivity index (χ1v) is 11.5. The van der Waals surface area contributed by atoms with E-state index in [1.807, 2.05) is 11.8 Å². The van der Waals surface area contributed by atoms with Crippen LogP contribution in [-0.4, -0.2) is 32.7 Å². The van der Waals surface area contributed by atoms with Crippen molar-refractivity contribution in [3.8, 4) is 0 Å². The number of rotatable bonds is 5. The molecule has 4 heteroatoms. The first-order valence-electron chi connectivity index (χ1n) is 8.52. The molecule has 128 valence electrons. The SMILES string of the molecule is CC(C)(C)[Si](OCC1OCCS1)(c1ccccc1)c1ccccc1. The van der Waals surface area contributed by atoms with Gasteiger partial charge in [-0.05, 0) is 15.4 Å². The zero-order chi connectivity index (χ0) is 17.0. The van der Waals surface area contributed by atoms with Crippen molar-refractivity contribution < 1.29 is 9.16 Å². The van der Waals surface area contributed by atoms with Crippen LogP contribution < -0.4 is 10.4 Å². The van der Waals surface area contributed by atoms with Crippen LogP contribution in [0.3, 0.4) is 0 Å². The smallest absolute Gasteiger partial charge is 0.261 e. The van der Waals surface area contributed by atoms with Gasteiger partial charge >= 0.3 is 0 Å². The summed E-state index contributed by atoms with van der Waals surface area (Å²) in [5, 5.41) is 2.68. The zero-order valence-corrected chi connectivity index (χ0v) is 16.5. The molecule has 1 saturated heterocycles. The average molecular weight is 359 g/mol. The van der Waals surface area contributed by atoms with Crippen molar-refractivity contribution in [1.29, 1.82) is 0 Å². The largest absolute Gasteiger partial charge is 0.404 e. The molecule has 24 heavy (non-hydrogen) atoms. The predicted octanol–water partition coefficient (Wildman–Crippen LogP) is 3.65. The second kappa shape index (κ2) is 7.44. The van der Waals surface area contributed by atoms with Gasteiger partial charge < -0.3 is 9.16 Å². The van der Waals surface area contributed by atoms with Crippen molar-refractivity contribution in [1.82, 2.24) is 0 Å². The summed E-state index contributed by atoms with van der Waals surface area (Å²) in [6, 6.07) is 21.6. The predicted molar refractivity (Wildman–Crippen MR) is 106 cm³/mol. The Hall–Kier alpha value is -1.07. The molecule has 1 unspecified atom stereocenters. The lowest BCUT2D eigenvalue weighted by Crippen LogP contribution is -2.67. The van der Waals surface area contributed by atoms with Gasteiger partial charge in [-0.1, -0.05) is 81.4 Å². The van der Waals surface area contributed by atoms with Crippen molar-refractivity contribution in [2.45, 2.75) is 31.2 Å². The zero-order valence-electron chi connectivity index (χ0n) is 14.7. The molecule has 2 aromatic rings. The minimum absolute atomic E-state index is 0.0268. The van der Waals surface area contributed by atoms with Crippen LogP contribution in [0.4, 0.5) is 0 Å². The van der Waals surface area contributed by atoms with Gasteiger partial charge in [-0.2, -0.15) is 0 Å². The fourth-order valence-electron chi connectivity index (χ4n) is 3.46. The van der Waals surface area contributed by atoms with Gasteiger partial charge in [-0.25, -0.2) is 0 Å². The van der Waals surface area contributed by atoms with Crippen molar-refractivity contribution in [2.24, 2.45) is 0 Å². The van der Waals surface area contributed by atoms with E-state index in [1.54, 1.807) is 0 Å². The summed E-state index contributed by atoms with van der Waals surface area (Å²) in [5.74, 6) is 1.06. The fraction of sp³-hybridized carbons (Fsp3) is 0.400. The van der Waals surface area contributed by atoms with Gasteiger partial charge in [0.2, 0.25) is 0 Å². The molecule has 0 saturated carbocycles. The van der Waals surface area contributed by atoms with Gasteiger partial charge in [0.15, 0.2) is 0 Å². The molecule has 0 aromatic heterocycles. The Bertz CT molecular complexity index is 594. The molecule has 1 heterocycles. The first kappa shape index (κ1) is 17.7. The molecule has 2 nitrogen and oxygen atoms in total. The van der Waals surface area contributed by atoms with Crippen molar-refractivity contribution in [3.63, 3.8) is 0 Å². The van der Waals surface area contributed by atoms with Crippen LogP contribution >= 0.6 is 11.8 Å². The molecule has 0 bridgehead atoms. The van der Waals surface area contributed by atoms with Crippen LogP contribution in [0.25, 0.3) is 0 Å². The Kier molecular flexibility index (Phi) is 5.50. The minimum Gasteiger partial charge on any atom is -0.404 e. The molecular formula is C20H26O2SSi. The topological polar surface area (TPSA) is 18.5 Å². The average Bonchev–Trinajstić information content (AvgIpc) is 3.10. The van der Waals surface area contributed by atoms with Gasteiger partial charge in [-0.15, -0.1) is 11.8 Å². The van der Waals surface area contributed by atoms with Crippen molar-refractivity contribution in [2.75, 3.05) is 19.0 Å². The molecule has 0 N–H and O–H groups in total. The van der Waals surface area contributed by atoms with Gasteiger partial charge in [-0.3, -0.25) is 0 Å².